The Balaban J connectivity index is 2.76. The number of halogens is 1. The van der Waals surface area contributed by atoms with Gasteiger partial charge in [0, 0.05) is 17.0 Å². The molecule has 0 aliphatic carbocycles. The Bertz CT molecular complexity index is 589. The Morgan fingerprint density at radius 3 is 2.75 bits per heavy atom. The first kappa shape index (κ1) is 11.0. The highest BCUT2D eigenvalue weighted by atomic mass is 35.5. The molecule has 2 aromatic rings. The number of hydrogen-bond acceptors (Lipinski definition) is 2. The van der Waals surface area contributed by atoms with Crippen LogP contribution in [0.1, 0.15) is 12.5 Å². The molecular formula is C12H12ClNO2. The van der Waals surface area contributed by atoms with E-state index in [-0.39, 0.29) is 5.56 Å². The zero-order valence-corrected chi connectivity index (χ0v) is 9.89. The van der Waals surface area contributed by atoms with Crippen LogP contribution in [0.3, 0.4) is 0 Å². The van der Waals surface area contributed by atoms with E-state index in [1.807, 2.05) is 13.0 Å². The Morgan fingerprint density at radius 2 is 2.12 bits per heavy atom. The SMILES string of the molecule is CCc1cc2cc(Cl)c(OC)cc2[nH]c1=O. The van der Waals surface area contributed by atoms with Gasteiger partial charge in [0.25, 0.3) is 5.56 Å². The molecule has 0 aliphatic rings. The fraction of sp³-hybridized carbons (Fsp3) is 0.250. The maximum absolute atomic E-state index is 11.6. The number of fused-ring (bicyclic) bond motifs is 1. The average molecular weight is 238 g/mol. The smallest absolute Gasteiger partial charge is 0.251 e. The van der Waals surface area contributed by atoms with Crippen LogP contribution in [0, 0.1) is 0 Å². The van der Waals surface area contributed by atoms with Crippen LogP contribution in [0.25, 0.3) is 10.9 Å². The average Bonchev–Trinajstić information content (AvgIpc) is 2.28. The number of H-pyrrole nitrogens is 1. The molecule has 0 unspecified atom stereocenters. The van der Waals surface area contributed by atoms with Crippen LogP contribution in [0.4, 0.5) is 0 Å². The molecular weight excluding hydrogens is 226 g/mol. The van der Waals surface area contributed by atoms with Crippen molar-refractivity contribution in [2.75, 3.05) is 7.11 Å². The van der Waals surface area contributed by atoms with E-state index < -0.39 is 0 Å². The second-order valence-electron chi connectivity index (χ2n) is 3.55. The Kier molecular flexibility index (Phi) is 2.88. The fourth-order valence-electron chi connectivity index (χ4n) is 1.67. The molecule has 16 heavy (non-hydrogen) atoms. The van der Waals surface area contributed by atoms with Gasteiger partial charge in [-0.3, -0.25) is 4.79 Å². The van der Waals surface area contributed by atoms with Crippen LogP contribution in [0.2, 0.25) is 5.02 Å². The number of benzene rings is 1. The van der Waals surface area contributed by atoms with Gasteiger partial charge in [-0.15, -0.1) is 0 Å². The molecule has 1 N–H and O–H groups in total. The van der Waals surface area contributed by atoms with Gasteiger partial charge in [0.1, 0.15) is 5.75 Å². The first-order valence-corrected chi connectivity index (χ1v) is 5.43. The Morgan fingerprint density at radius 1 is 1.38 bits per heavy atom. The lowest BCUT2D eigenvalue weighted by Crippen LogP contribution is -2.11. The molecule has 84 valence electrons. The van der Waals surface area contributed by atoms with E-state index in [2.05, 4.69) is 4.98 Å². The van der Waals surface area contributed by atoms with Gasteiger partial charge in [-0.25, -0.2) is 0 Å². The summed E-state index contributed by atoms with van der Waals surface area (Å²) in [4.78, 5) is 14.4. The lowest BCUT2D eigenvalue weighted by atomic mass is 10.1. The minimum atomic E-state index is -0.0561. The van der Waals surface area contributed by atoms with Crippen molar-refractivity contribution >= 4 is 22.5 Å². The van der Waals surface area contributed by atoms with Gasteiger partial charge in [0.2, 0.25) is 0 Å². The van der Waals surface area contributed by atoms with Crippen LogP contribution >= 0.6 is 11.6 Å². The normalized spacial score (nSPS) is 10.7. The van der Waals surface area contributed by atoms with Gasteiger partial charge < -0.3 is 9.72 Å². The summed E-state index contributed by atoms with van der Waals surface area (Å²) in [5, 5.41) is 1.46. The van der Waals surface area contributed by atoms with Crippen LogP contribution in [0.5, 0.6) is 5.75 Å². The molecule has 0 spiro atoms. The summed E-state index contributed by atoms with van der Waals surface area (Å²) in [6, 6.07) is 5.39. The first-order valence-electron chi connectivity index (χ1n) is 5.05. The maximum Gasteiger partial charge on any atom is 0.251 e. The van der Waals surface area contributed by atoms with Crippen LogP contribution < -0.4 is 10.3 Å². The van der Waals surface area contributed by atoms with Crippen molar-refractivity contribution < 1.29 is 4.74 Å². The zero-order valence-electron chi connectivity index (χ0n) is 9.13. The third kappa shape index (κ3) is 1.78. The first-order chi connectivity index (χ1) is 7.65. The van der Waals surface area contributed by atoms with Gasteiger partial charge in [-0.05, 0) is 18.6 Å². The standard InChI is InChI=1S/C12H12ClNO2/c1-3-7-4-8-5-9(13)11(16-2)6-10(8)14-12(7)15/h4-6H,3H2,1-2H3,(H,14,15). The highest BCUT2D eigenvalue weighted by molar-refractivity contribution is 6.32. The summed E-state index contributed by atoms with van der Waals surface area (Å²) >= 11 is 6.02. The summed E-state index contributed by atoms with van der Waals surface area (Å²) in [6.45, 7) is 1.95. The summed E-state index contributed by atoms with van der Waals surface area (Å²) in [6.07, 6.45) is 0.703. The number of ether oxygens (including phenoxy) is 1. The zero-order chi connectivity index (χ0) is 11.7. The molecule has 0 saturated heterocycles. The molecule has 0 saturated carbocycles. The monoisotopic (exact) mass is 237 g/mol. The van der Waals surface area contributed by atoms with E-state index in [1.165, 1.54) is 0 Å². The quantitative estimate of drug-likeness (QED) is 0.873. The fourth-order valence-corrected chi connectivity index (χ4v) is 1.92. The molecule has 2 rings (SSSR count). The predicted molar refractivity (Wildman–Crippen MR) is 65.5 cm³/mol. The number of nitrogens with one attached hydrogen (secondary N) is 1. The Labute approximate surface area is 98.0 Å². The summed E-state index contributed by atoms with van der Waals surface area (Å²) in [5.74, 6) is 0.564. The van der Waals surface area contributed by atoms with E-state index >= 15 is 0 Å². The minimum absolute atomic E-state index is 0.0561. The highest BCUT2D eigenvalue weighted by Crippen LogP contribution is 2.28. The molecule has 0 fully saturated rings. The molecule has 3 nitrogen and oxygen atoms in total. The lowest BCUT2D eigenvalue weighted by Gasteiger charge is -2.06. The third-order valence-electron chi connectivity index (χ3n) is 2.57. The number of aryl methyl sites for hydroxylation is 1. The second kappa shape index (κ2) is 4.18. The van der Waals surface area contributed by atoms with Gasteiger partial charge >= 0.3 is 0 Å². The van der Waals surface area contributed by atoms with Crippen molar-refractivity contribution in [1.82, 2.24) is 4.98 Å². The van der Waals surface area contributed by atoms with Gasteiger partial charge in [-0.2, -0.15) is 0 Å². The molecule has 1 aromatic heterocycles. The molecule has 0 bridgehead atoms. The summed E-state index contributed by atoms with van der Waals surface area (Å²) in [5.41, 5.74) is 1.44. The van der Waals surface area contributed by atoms with Crippen molar-refractivity contribution in [1.29, 1.82) is 0 Å². The Hall–Kier alpha value is -1.48. The molecule has 4 heteroatoms. The lowest BCUT2D eigenvalue weighted by molar-refractivity contribution is 0.415. The summed E-state index contributed by atoms with van der Waals surface area (Å²) < 4.78 is 5.10. The van der Waals surface area contributed by atoms with Crippen molar-refractivity contribution in [2.45, 2.75) is 13.3 Å². The minimum Gasteiger partial charge on any atom is -0.495 e. The van der Waals surface area contributed by atoms with Crippen molar-refractivity contribution in [2.24, 2.45) is 0 Å². The topological polar surface area (TPSA) is 42.1 Å². The van der Waals surface area contributed by atoms with E-state index in [0.29, 0.717) is 17.2 Å². The van der Waals surface area contributed by atoms with Crippen molar-refractivity contribution in [3.63, 3.8) is 0 Å². The van der Waals surface area contributed by atoms with Gasteiger partial charge in [0.05, 0.1) is 17.6 Å². The van der Waals surface area contributed by atoms with Gasteiger partial charge in [-0.1, -0.05) is 18.5 Å². The number of aromatic nitrogens is 1. The summed E-state index contributed by atoms with van der Waals surface area (Å²) in [7, 11) is 1.55. The molecule has 0 amide bonds. The molecule has 0 radical (unpaired) electrons. The van der Waals surface area contributed by atoms with Crippen LogP contribution in [-0.2, 0) is 6.42 Å². The number of pyridine rings is 1. The van der Waals surface area contributed by atoms with Gasteiger partial charge in [0.15, 0.2) is 0 Å². The van der Waals surface area contributed by atoms with Crippen molar-refractivity contribution in [3.8, 4) is 5.75 Å². The highest BCUT2D eigenvalue weighted by Gasteiger charge is 2.06. The number of rotatable bonds is 2. The maximum atomic E-state index is 11.6. The number of hydrogen-bond donors (Lipinski definition) is 1. The van der Waals surface area contributed by atoms with Crippen LogP contribution in [-0.4, -0.2) is 12.1 Å². The van der Waals surface area contributed by atoms with E-state index in [0.717, 1.165) is 16.5 Å². The molecule has 0 aliphatic heterocycles. The molecule has 1 aromatic carbocycles. The van der Waals surface area contributed by atoms with Crippen molar-refractivity contribution in [3.05, 3.63) is 39.1 Å². The second-order valence-corrected chi connectivity index (χ2v) is 3.96. The molecule has 0 atom stereocenters. The van der Waals surface area contributed by atoms with Crippen LogP contribution in [0.15, 0.2) is 23.0 Å². The van der Waals surface area contributed by atoms with E-state index in [4.69, 9.17) is 16.3 Å². The largest absolute Gasteiger partial charge is 0.495 e. The van der Waals surface area contributed by atoms with E-state index in [9.17, 15) is 4.79 Å². The predicted octanol–water partition coefficient (Wildman–Crippen LogP) is 2.75. The number of methoxy groups -OCH3 is 1. The third-order valence-corrected chi connectivity index (χ3v) is 2.87. The van der Waals surface area contributed by atoms with E-state index in [1.54, 1.807) is 19.2 Å². The molecule has 1 heterocycles. The number of aromatic amines is 1.